The van der Waals surface area contributed by atoms with E-state index in [1.165, 1.54) is 45.8 Å². The van der Waals surface area contributed by atoms with Crippen LogP contribution in [0.2, 0.25) is 0 Å². The van der Waals surface area contributed by atoms with Crippen molar-refractivity contribution in [3.63, 3.8) is 0 Å². The van der Waals surface area contributed by atoms with Gasteiger partial charge < -0.3 is 132 Å². The fourth-order valence-electron chi connectivity index (χ4n) is 15.8. The Morgan fingerprint density at radius 2 is 1.12 bits per heavy atom. The number of nitrogens with one attached hydrogen (secondary N) is 13. The lowest BCUT2D eigenvalue weighted by Crippen LogP contribution is -2.62. The number of aromatic amines is 3. The number of aliphatic hydroxyl groups is 1. The van der Waals surface area contributed by atoms with Crippen molar-refractivity contribution < 1.29 is 96.8 Å². The molecule has 710 valence electrons. The van der Waals surface area contributed by atoms with Gasteiger partial charge in [-0.1, -0.05) is 98.6 Å². The number of phenols is 1. The molecule has 3 aromatic heterocycles. The second-order valence-electron chi connectivity index (χ2n) is 32.5. The number of carboxylic acid groups (broad SMARTS) is 1. The standard InChI is InChI=1S/C88H117N23O20S/c1-5-6-21-69(88(131)109(4)70(33-48-15-8-7-9-16-48)83(126)106-66(39-90)81(124)107-67(77(120)98-43-73(93)115)45-132-46-74(116)100-62(76(119)94-2)32-49-23-25-53(112)26-24-49)108(3)86(129)65(35-51-41-97-59-20-13-11-18-56(51)59)105-78(121)60(29-30-89)101-79(122)63(34-50-40-96-58-19-12-10-17-55(50)58)103-84(127)71-37-54(113)44-111(71)87(130)61(27-28-75(117)118)102-80(123)64(36-52-42-95-47-99-52)104-82(125)68-22-14-31-110(68)85(128)57(91)38-72(92)114/h7-13,15-20,23-26,40-42,47,54,57,60-71,96-97,112-113H,5-6,14,21-22,27-39,43-46,89-91H2,1-4H3,(H2,92,114)(H2,93,115)(H,94,119)(H,95,99)(H,98,120)(H,100,116)(H,101,122)(H,102,123)(H,103,127)(H,104,125)(H,105,121)(H,106,126)(H,107,124)(H,117,118)/t54-,57+,60+,61+,62+,63+,64+,65+,66+,67+,68+,69+,70+,71+/m1/s1. The molecule has 7 aromatic rings. The summed E-state index contributed by atoms with van der Waals surface area (Å²) in [6.45, 7) is -0.139. The van der Waals surface area contributed by atoms with Gasteiger partial charge in [0.05, 0.1) is 42.9 Å². The van der Waals surface area contributed by atoms with Gasteiger partial charge >= 0.3 is 5.97 Å². The lowest BCUT2D eigenvalue weighted by atomic mass is 9.99. The summed E-state index contributed by atoms with van der Waals surface area (Å²) in [5, 5.41) is 58.5. The van der Waals surface area contributed by atoms with E-state index < -0.39 is 230 Å². The smallest absolute Gasteiger partial charge is 0.303 e. The lowest BCUT2D eigenvalue weighted by Gasteiger charge is -2.36. The maximum Gasteiger partial charge on any atom is 0.303 e. The van der Waals surface area contributed by atoms with Crippen molar-refractivity contribution in [1.29, 1.82) is 0 Å². The highest BCUT2D eigenvalue weighted by Crippen LogP contribution is 2.27. The van der Waals surface area contributed by atoms with Gasteiger partial charge in [-0.2, -0.15) is 0 Å². The van der Waals surface area contributed by atoms with Crippen LogP contribution in [0.3, 0.4) is 0 Å². The highest BCUT2D eigenvalue weighted by Gasteiger charge is 2.46. The van der Waals surface area contributed by atoms with Crippen molar-refractivity contribution >= 4 is 134 Å². The summed E-state index contributed by atoms with van der Waals surface area (Å²) in [4.78, 5) is 258. The number of para-hydroxylation sites is 2. The number of unbranched alkanes of at least 4 members (excludes halogenated alkanes) is 1. The Bertz CT molecular complexity index is 5230. The number of phenolic OH excluding ortho intramolecular Hbond substituents is 1. The van der Waals surface area contributed by atoms with E-state index in [4.69, 9.17) is 28.7 Å². The van der Waals surface area contributed by atoms with Crippen molar-refractivity contribution in [1.82, 2.24) is 92.7 Å². The molecule has 2 aliphatic rings. The largest absolute Gasteiger partial charge is 0.508 e. The van der Waals surface area contributed by atoms with Crippen molar-refractivity contribution in [2.45, 2.75) is 188 Å². The molecule has 2 aliphatic heterocycles. The number of β-amino-alcohol motifs (C(OH)–C–C–N with tert-alkyl or cyclic N) is 1. The van der Waals surface area contributed by atoms with E-state index in [0.717, 1.165) is 31.4 Å². The molecule has 0 saturated carbocycles. The van der Waals surface area contributed by atoms with Crippen LogP contribution >= 0.6 is 11.8 Å². The minimum Gasteiger partial charge on any atom is -0.508 e. The second kappa shape index (κ2) is 49.2. The second-order valence-corrected chi connectivity index (χ2v) is 33.5. The number of carbonyl (C=O) groups is 17. The number of aliphatic carboxylic acids is 1. The van der Waals surface area contributed by atoms with Gasteiger partial charge in [0.2, 0.25) is 94.5 Å². The summed E-state index contributed by atoms with van der Waals surface area (Å²) >= 11 is 0.863. The zero-order chi connectivity index (χ0) is 96.0. The fraction of sp³-hybridized carbons (Fsp3) is 0.455. The number of likely N-dealkylation sites (tertiary alicyclic amines) is 2. The first-order chi connectivity index (χ1) is 63.1. The molecule has 2 fully saturated rings. The molecule has 14 atom stereocenters. The molecule has 0 radical (unpaired) electrons. The maximum absolute atomic E-state index is 15.8. The van der Waals surface area contributed by atoms with Crippen LogP contribution in [0.4, 0.5) is 0 Å². The number of likely N-dealkylation sites (N-methyl/N-ethyl adjacent to an activating group) is 3. The van der Waals surface area contributed by atoms with Crippen LogP contribution in [-0.4, -0.2) is 305 Å². The molecule has 0 spiro atoms. The number of aliphatic hydroxyl groups excluding tert-OH is 1. The molecule has 43 nitrogen and oxygen atoms in total. The summed E-state index contributed by atoms with van der Waals surface area (Å²) in [5.41, 5.74) is 32.8. The number of aromatic hydroxyl groups is 1. The van der Waals surface area contributed by atoms with Crippen LogP contribution in [0.5, 0.6) is 5.75 Å². The van der Waals surface area contributed by atoms with Gasteiger partial charge in [0, 0.05) is 132 Å². The third-order valence-corrected chi connectivity index (χ3v) is 23.9. The van der Waals surface area contributed by atoms with E-state index in [2.05, 4.69) is 73.1 Å². The summed E-state index contributed by atoms with van der Waals surface area (Å²) in [6, 6.07) is 9.19. The van der Waals surface area contributed by atoms with Gasteiger partial charge in [-0.15, -0.1) is 11.8 Å². The number of carbonyl (C=O) groups excluding carboxylic acids is 16. The van der Waals surface area contributed by atoms with E-state index in [-0.39, 0.29) is 87.4 Å². The fourth-order valence-corrected chi connectivity index (χ4v) is 16.7. The third-order valence-electron chi connectivity index (χ3n) is 22.9. The van der Waals surface area contributed by atoms with Gasteiger partial charge in [0.25, 0.3) is 0 Å². The summed E-state index contributed by atoms with van der Waals surface area (Å²) < 4.78 is 0. The number of primary amides is 2. The van der Waals surface area contributed by atoms with Gasteiger partial charge in [-0.3, -0.25) is 81.5 Å². The predicted octanol–water partition coefficient (Wildman–Crippen LogP) is -4.28. The van der Waals surface area contributed by atoms with Crippen LogP contribution in [0, 0.1) is 0 Å². The normalized spacial score (nSPS) is 16.6. The van der Waals surface area contributed by atoms with Crippen molar-refractivity contribution in [3.8, 4) is 5.75 Å². The number of H-pyrrole nitrogens is 3. The first-order valence-corrected chi connectivity index (χ1v) is 44.4. The molecule has 0 bridgehead atoms. The highest BCUT2D eigenvalue weighted by molar-refractivity contribution is 8.00. The highest BCUT2D eigenvalue weighted by atomic mass is 32.2. The first-order valence-electron chi connectivity index (χ1n) is 43.3. The van der Waals surface area contributed by atoms with Crippen LogP contribution in [0.1, 0.15) is 99.1 Å². The minimum atomic E-state index is -1.77. The minimum absolute atomic E-state index is 0.0124. The van der Waals surface area contributed by atoms with E-state index in [1.807, 2.05) is 6.92 Å². The topological polar surface area (TPSA) is 674 Å². The van der Waals surface area contributed by atoms with Crippen molar-refractivity contribution in [2.24, 2.45) is 28.7 Å². The Hall–Kier alpha value is -13.8. The molecule has 5 heterocycles. The number of rotatable bonds is 50. The zero-order valence-electron chi connectivity index (χ0n) is 73.6. The Labute approximate surface area is 763 Å². The lowest BCUT2D eigenvalue weighted by molar-refractivity contribution is -0.149. The average molecular weight is 1850 g/mol. The Kier molecular flexibility index (Phi) is 38.0. The number of fused-ring (bicyclic) bond motifs is 2. The molecular weight excluding hydrogens is 1730 g/mol. The van der Waals surface area contributed by atoms with Gasteiger partial charge in [0.1, 0.15) is 78.3 Å². The number of thioether (sulfide) groups is 1. The molecule has 0 unspecified atom stereocenters. The quantitative estimate of drug-likeness (QED) is 0.0172. The van der Waals surface area contributed by atoms with Crippen LogP contribution in [0.15, 0.2) is 128 Å². The number of nitrogens with zero attached hydrogens (tertiary/aromatic N) is 5. The zero-order valence-corrected chi connectivity index (χ0v) is 74.4. The van der Waals surface area contributed by atoms with E-state index >= 15 is 33.6 Å². The number of amides is 16. The molecule has 0 aliphatic carbocycles. The number of carboxylic acids is 1. The van der Waals surface area contributed by atoms with Crippen LogP contribution in [-0.2, 0) is 114 Å². The first kappa shape index (κ1) is 102. The molecular formula is C88H117N23O20S. The number of aromatic nitrogens is 4. The average Bonchev–Trinajstić information content (AvgIpc) is 1.50. The number of hydrogen-bond acceptors (Lipinski definition) is 24. The molecule has 26 N–H and O–H groups in total. The van der Waals surface area contributed by atoms with Crippen molar-refractivity contribution in [2.75, 3.05) is 65.4 Å². The molecule has 44 heteroatoms. The van der Waals surface area contributed by atoms with E-state index in [9.17, 15) is 63.3 Å². The Morgan fingerprint density at radius 1 is 0.561 bits per heavy atom. The van der Waals surface area contributed by atoms with Gasteiger partial charge in [0.15, 0.2) is 0 Å². The monoisotopic (exact) mass is 1850 g/mol. The number of benzene rings is 4. The van der Waals surface area contributed by atoms with E-state index in [1.54, 1.807) is 103 Å². The molecule has 16 amide bonds. The molecule has 2 saturated heterocycles. The predicted molar refractivity (Wildman–Crippen MR) is 482 cm³/mol. The number of hydrogen-bond donors (Lipinski definition) is 21. The SMILES string of the molecule is CCCC[C@@H](C(=O)N(C)[C@@H](Cc1ccccc1)C(=O)N[C@@H](CN)C(=O)N[C@@H](CSCC(=O)N[C@@H](Cc1ccc(O)cc1)C(=O)NC)C(=O)NCC(N)=O)N(C)C(=O)[C@H](Cc1c[nH]c2ccccc12)NC(=O)[C@H](CCN)NC(=O)[C@H](Cc1c[nH]c2ccccc12)NC(=O)[C@@H]1C[C@@H](O)CN1C(=O)[C@H](CCC(=O)O)NC(=O)[C@H](Cc1c[nH]cn1)NC(=O)[C@@H]1CCCN1C(=O)[C@@H](N)CC(N)=O. The molecule has 9 rings (SSSR count). The third kappa shape index (κ3) is 28.6. The van der Waals surface area contributed by atoms with Gasteiger partial charge in [-0.05, 0) is 85.2 Å². The summed E-state index contributed by atoms with van der Waals surface area (Å²) in [6.07, 6.45) is 2.21. The Balaban J connectivity index is 0.949. The van der Waals surface area contributed by atoms with Crippen LogP contribution in [0.25, 0.3) is 21.8 Å². The number of imidazole rings is 1. The summed E-state index contributed by atoms with van der Waals surface area (Å²) in [5.74, 6) is -16.1. The number of nitrogens with two attached hydrogens (primary N) is 5. The Morgan fingerprint density at radius 3 is 1.72 bits per heavy atom. The van der Waals surface area contributed by atoms with E-state index in [0.29, 0.717) is 63.3 Å². The maximum atomic E-state index is 15.8. The van der Waals surface area contributed by atoms with Crippen LogP contribution < -0.4 is 81.8 Å². The van der Waals surface area contributed by atoms with Crippen molar-refractivity contribution in [3.05, 3.63) is 156 Å². The van der Waals surface area contributed by atoms with Gasteiger partial charge in [-0.25, -0.2) is 4.98 Å². The molecule has 4 aromatic carbocycles. The summed E-state index contributed by atoms with van der Waals surface area (Å²) in [7, 11) is 4.06. The molecule has 132 heavy (non-hydrogen) atoms.